The summed E-state index contributed by atoms with van der Waals surface area (Å²) in [6.07, 6.45) is 2.54. The first-order valence-corrected chi connectivity index (χ1v) is 9.50. The standard InChI is InChI=1S/C21H30N2O2/c1-13(2)16(5)23(18-9-10-18)21(25)17-11-20(24)22(12-17)19-8-6-7-14(3)15(19)4/h6-8,13,16-18H,9-12H2,1-5H3/t16-,17-/m0/s1. The molecule has 2 amide bonds. The van der Waals surface area contributed by atoms with Crippen molar-refractivity contribution in [1.82, 2.24) is 4.90 Å². The summed E-state index contributed by atoms with van der Waals surface area (Å²) in [5, 5.41) is 0. The van der Waals surface area contributed by atoms with Gasteiger partial charge in [0.05, 0.1) is 5.92 Å². The van der Waals surface area contributed by atoms with Crippen LogP contribution in [0.5, 0.6) is 0 Å². The Bertz CT molecular complexity index is 678. The third kappa shape index (κ3) is 3.44. The number of benzene rings is 1. The molecule has 2 aliphatic rings. The minimum absolute atomic E-state index is 0.0694. The van der Waals surface area contributed by atoms with Gasteiger partial charge < -0.3 is 9.80 Å². The van der Waals surface area contributed by atoms with Gasteiger partial charge in [-0.05, 0) is 56.7 Å². The predicted octanol–water partition coefficient (Wildman–Crippen LogP) is 3.69. The minimum Gasteiger partial charge on any atom is -0.336 e. The summed E-state index contributed by atoms with van der Waals surface area (Å²) in [4.78, 5) is 29.7. The lowest BCUT2D eigenvalue weighted by atomic mass is 10.0. The Hall–Kier alpha value is -1.84. The lowest BCUT2D eigenvalue weighted by molar-refractivity contribution is -0.139. The molecule has 1 saturated carbocycles. The summed E-state index contributed by atoms with van der Waals surface area (Å²) in [5.41, 5.74) is 3.25. The van der Waals surface area contributed by atoms with E-state index in [0.717, 1.165) is 24.1 Å². The molecule has 1 aromatic carbocycles. The summed E-state index contributed by atoms with van der Waals surface area (Å²) in [7, 11) is 0. The molecule has 1 aromatic rings. The Labute approximate surface area is 151 Å². The molecule has 1 aliphatic carbocycles. The Morgan fingerprint density at radius 2 is 1.88 bits per heavy atom. The molecule has 0 N–H and O–H groups in total. The molecule has 0 radical (unpaired) electrons. The van der Waals surface area contributed by atoms with E-state index < -0.39 is 0 Å². The molecule has 136 valence electrons. The molecule has 0 spiro atoms. The third-order valence-corrected chi connectivity index (χ3v) is 5.94. The summed E-state index contributed by atoms with van der Waals surface area (Å²) in [5.74, 6) is 0.454. The Morgan fingerprint density at radius 3 is 2.48 bits per heavy atom. The van der Waals surface area contributed by atoms with Crippen LogP contribution in [-0.4, -0.2) is 35.3 Å². The molecular formula is C21H30N2O2. The van der Waals surface area contributed by atoms with E-state index in [4.69, 9.17) is 0 Å². The molecule has 1 heterocycles. The van der Waals surface area contributed by atoms with Gasteiger partial charge in [0.1, 0.15) is 0 Å². The largest absolute Gasteiger partial charge is 0.336 e. The normalized spacial score (nSPS) is 21.8. The van der Waals surface area contributed by atoms with Crippen molar-refractivity contribution < 1.29 is 9.59 Å². The molecule has 1 saturated heterocycles. The SMILES string of the molecule is Cc1cccc(N2C[C@@H](C(=O)N(C3CC3)[C@@H](C)C(C)C)CC2=O)c1C. The van der Waals surface area contributed by atoms with Crippen LogP contribution in [0, 0.1) is 25.7 Å². The highest BCUT2D eigenvalue weighted by molar-refractivity contribution is 6.01. The minimum atomic E-state index is -0.214. The number of nitrogens with zero attached hydrogens (tertiary/aromatic N) is 2. The molecule has 0 bridgehead atoms. The van der Waals surface area contributed by atoms with Gasteiger partial charge in [0, 0.05) is 30.7 Å². The van der Waals surface area contributed by atoms with Crippen molar-refractivity contribution in [3.05, 3.63) is 29.3 Å². The molecule has 2 fully saturated rings. The van der Waals surface area contributed by atoms with Crippen molar-refractivity contribution in [2.24, 2.45) is 11.8 Å². The molecule has 4 nitrogen and oxygen atoms in total. The van der Waals surface area contributed by atoms with Crippen LogP contribution in [0.3, 0.4) is 0 Å². The second kappa shape index (κ2) is 6.81. The fourth-order valence-corrected chi connectivity index (χ4v) is 3.73. The van der Waals surface area contributed by atoms with Gasteiger partial charge in [-0.1, -0.05) is 26.0 Å². The first-order valence-electron chi connectivity index (χ1n) is 9.50. The zero-order chi connectivity index (χ0) is 18.3. The van der Waals surface area contributed by atoms with Gasteiger partial charge in [-0.25, -0.2) is 0 Å². The van der Waals surface area contributed by atoms with E-state index in [9.17, 15) is 9.59 Å². The second-order valence-electron chi connectivity index (χ2n) is 8.09. The van der Waals surface area contributed by atoms with Crippen LogP contribution in [-0.2, 0) is 9.59 Å². The van der Waals surface area contributed by atoms with Crippen molar-refractivity contribution >= 4 is 17.5 Å². The van der Waals surface area contributed by atoms with Crippen LogP contribution in [0.25, 0.3) is 0 Å². The van der Waals surface area contributed by atoms with E-state index in [0.29, 0.717) is 24.9 Å². The van der Waals surface area contributed by atoms with E-state index in [-0.39, 0.29) is 23.8 Å². The molecule has 1 aliphatic heterocycles. The highest BCUT2D eigenvalue weighted by Gasteiger charge is 2.43. The smallest absolute Gasteiger partial charge is 0.228 e. The molecular weight excluding hydrogens is 312 g/mol. The number of rotatable bonds is 5. The van der Waals surface area contributed by atoms with Crippen molar-refractivity contribution in [2.45, 2.75) is 66.0 Å². The number of amides is 2. The lowest BCUT2D eigenvalue weighted by Gasteiger charge is -2.34. The van der Waals surface area contributed by atoms with Crippen LogP contribution in [0.4, 0.5) is 5.69 Å². The van der Waals surface area contributed by atoms with Crippen molar-refractivity contribution in [2.75, 3.05) is 11.4 Å². The van der Waals surface area contributed by atoms with Gasteiger partial charge in [0.15, 0.2) is 0 Å². The van der Waals surface area contributed by atoms with Crippen molar-refractivity contribution in [3.63, 3.8) is 0 Å². The van der Waals surface area contributed by atoms with Crippen LogP contribution < -0.4 is 4.90 Å². The average molecular weight is 342 g/mol. The zero-order valence-electron chi connectivity index (χ0n) is 16.1. The molecule has 0 aromatic heterocycles. The van der Waals surface area contributed by atoms with Crippen LogP contribution in [0.1, 0.15) is 51.2 Å². The first kappa shape index (κ1) is 18.0. The van der Waals surface area contributed by atoms with Gasteiger partial charge in [0.25, 0.3) is 0 Å². The van der Waals surface area contributed by atoms with Crippen molar-refractivity contribution in [1.29, 1.82) is 0 Å². The number of hydrogen-bond acceptors (Lipinski definition) is 2. The van der Waals surface area contributed by atoms with Crippen molar-refractivity contribution in [3.8, 4) is 0 Å². The lowest BCUT2D eigenvalue weighted by Crippen LogP contribution is -2.46. The van der Waals surface area contributed by atoms with Gasteiger partial charge in [-0.15, -0.1) is 0 Å². The number of carbonyl (C=O) groups is 2. The summed E-state index contributed by atoms with van der Waals surface area (Å²) in [6, 6.07) is 6.64. The maximum absolute atomic E-state index is 13.2. The maximum Gasteiger partial charge on any atom is 0.228 e. The quantitative estimate of drug-likeness (QED) is 0.819. The first-order chi connectivity index (χ1) is 11.8. The fraction of sp³-hybridized carbons (Fsp3) is 0.619. The summed E-state index contributed by atoms with van der Waals surface area (Å²) < 4.78 is 0. The monoisotopic (exact) mass is 342 g/mol. The van der Waals surface area contributed by atoms with E-state index in [1.165, 1.54) is 5.56 Å². The number of aryl methyl sites for hydroxylation is 1. The molecule has 4 heteroatoms. The Kier molecular flexibility index (Phi) is 4.90. The van der Waals surface area contributed by atoms with E-state index in [2.05, 4.69) is 38.7 Å². The molecule has 2 atom stereocenters. The highest BCUT2D eigenvalue weighted by atomic mass is 16.2. The number of carbonyl (C=O) groups excluding carboxylic acids is 2. The number of hydrogen-bond donors (Lipinski definition) is 0. The predicted molar refractivity (Wildman–Crippen MR) is 101 cm³/mol. The summed E-state index contributed by atoms with van der Waals surface area (Å²) >= 11 is 0. The molecule has 0 unspecified atom stereocenters. The van der Waals surface area contributed by atoms with Crippen LogP contribution in [0.2, 0.25) is 0 Å². The summed E-state index contributed by atoms with van der Waals surface area (Å²) in [6.45, 7) is 11.1. The Balaban J connectivity index is 1.79. The van der Waals surface area contributed by atoms with Crippen LogP contribution in [0.15, 0.2) is 18.2 Å². The highest BCUT2D eigenvalue weighted by Crippen LogP contribution is 2.35. The average Bonchev–Trinajstić information content (AvgIpc) is 3.32. The number of anilines is 1. The van der Waals surface area contributed by atoms with Crippen LogP contribution >= 0.6 is 0 Å². The topological polar surface area (TPSA) is 40.6 Å². The third-order valence-electron chi connectivity index (χ3n) is 5.94. The van der Waals surface area contributed by atoms with Gasteiger partial charge >= 0.3 is 0 Å². The molecule has 25 heavy (non-hydrogen) atoms. The molecule has 3 rings (SSSR count). The fourth-order valence-electron chi connectivity index (χ4n) is 3.73. The van der Waals surface area contributed by atoms with Gasteiger partial charge in [0.2, 0.25) is 11.8 Å². The van der Waals surface area contributed by atoms with E-state index in [1.807, 2.05) is 24.0 Å². The Morgan fingerprint density at radius 1 is 1.20 bits per heavy atom. The zero-order valence-corrected chi connectivity index (χ0v) is 16.1. The maximum atomic E-state index is 13.2. The van der Waals surface area contributed by atoms with Gasteiger partial charge in [-0.3, -0.25) is 9.59 Å². The van der Waals surface area contributed by atoms with Gasteiger partial charge in [-0.2, -0.15) is 0 Å². The van der Waals surface area contributed by atoms with E-state index in [1.54, 1.807) is 0 Å². The second-order valence-corrected chi connectivity index (χ2v) is 8.09. The van der Waals surface area contributed by atoms with E-state index >= 15 is 0 Å².